The van der Waals surface area contributed by atoms with Crippen LogP contribution in [0.4, 0.5) is 14.5 Å². The van der Waals surface area contributed by atoms with Crippen LogP contribution in [0, 0.1) is 11.6 Å². The molecule has 2 rings (SSSR count). The normalized spacial score (nSPS) is 10.6. The second-order valence-corrected chi connectivity index (χ2v) is 4.68. The monoisotopic (exact) mass is 337 g/mol. The van der Waals surface area contributed by atoms with Gasteiger partial charge in [0, 0.05) is 5.56 Å². The zero-order chi connectivity index (χ0) is 16.8. The fraction of sp³-hybridized carbons (Fsp3) is 0. The molecule has 0 spiro atoms. The maximum absolute atomic E-state index is 13.5. The number of hydrazone groups is 1. The summed E-state index contributed by atoms with van der Waals surface area (Å²) in [6.45, 7) is 0. The zero-order valence-electron chi connectivity index (χ0n) is 11.5. The van der Waals surface area contributed by atoms with E-state index in [9.17, 15) is 18.4 Å². The summed E-state index contributed by atoms with van der Waals surface area (Å²) in [5, 5.41) is 5.62. The Balaban J connectivity index is 1.98. The number of carbonyl (C=O) groups is 2. The average molecular weight is 338 g/mol. The van der Waals surface area contributed by atoms with E-state index in [1.165, 1.54) is 36.4 Å². The van der Waals surface area contributed by atoms with Crippen LogP contribution in [0.3, 0.4) is 0 Å². The first-order valence-electron chi connectivity index (χ1n) is 6.32. The van der Waals surface area contributed by atoms with Crippen LogP contribution in [-0.2, 0) is 9.59 Å². The minimum Gasteiger partial charge on any atom is -0.315 e. The minimum absolute atomic E-state index is 0.0380. The van der Waals surface area contributed by atoms with Gasteiger partial charge in [0.05, 0.1) is 16.9 Å². The van der Waals surface area contributed by atoms with Gasteiger partial charge in [-0.2, -0.15) is 5.10 Å². The van der Waals surface area contributed by atoms with Crippen molar-refractivity contribution in [1.29, 1.82) is 0 Å². The molecule has 0 saturated carbocycles. The smallest absolute Gasteiger partial charge is 0.315 e. The highest BCUT2D eigenvalue weighted by Crippen LogP contribution is 2.16. The van der Waals surface area contributed by atoms with Gasteiger partial charge in [-0.25, -0.2) is 14.2 Å². The highest BCUT2D eigenvalue weighted by molar-refractivity contribution is 6.39. The van der Waals surface area contributed by atoms with E-state index in [2.05, 4.69) is 10.4 Å². The van der Waals surface area contributed by atoms with E-state index in [-0.39, 0.29) is 16.3 Å². The first-order valence-corrected chi connectivity index (χ1v) is 6.70. The van der Waals surface area contributed by atoms with Crippen LogP contribution in [-0.4, -0.2) is 18.0 Å². The van der Waals surface area contributed by atoms with Gasteiger partial charge in [-0.1, -0.05) is 29.8 Å². The number of anilines is 1. The van der Waals surface area contributed by atoms with Crippen molar-refractivity contribution in [2.75, 3.05) is 5.32 Å². The second kappa shape index (κ2) is 7.46. The largest absolute Gasteiger partial charge is 0.329 e. The predicted octanol–water partition coefficient (Wildman–Crippen LogP) is 2.71. The van der Waals surface area contributed by atoms with Gasteiger partial charge in [0.2, 0.25) is 0 Å². The number of benzene rings is 2. The molecule has 0 radical (unpaired) electrons. The molecular weight excluding hydrogens is 328 g/mol. The Morgan fingerprint density at radius 1 is 1.00 bits per heavy atom. The van der Waals surface area contributed by atoms with Gasteiger partial charge in [0.15, 0.2) is 0 Å². The summed E-state index contributed by atoms with van der Waals surface area (Å²) < 4.78 is 26.8. The van der Waals surface area contributed by atoms with Crippen LogP contribution < -0.4 is 10.7 Å². The van der Waals surface area contributed by atoms with Crippen LogP contribution in [0.1, 0.15) is 5.56 Å². The summed E-state index contributed by atoms with van der Waals surface area (Å²) in [6.07, 6.45) is 0.964. The van der Waals surface area contributed by atoms with Crippen molar-refractivity contribution in [3.63, 3.8) is 0 Å². The number of hydrogen-bond donors (Lipinski definition) is 2. The summed E-state index contributed by atoms with van der Waals surface area (Å²) in [5.74, 6) is -3.58. The number of nitrogens with zero attached hydrogens (tertiary/aromatic N) is 1. The topological polar surface area (TPSA) is 70.6 Å². The predicted molar refractivity (Wildman–Crippen MR) is 82.2 cm³/mol. The molecule has 0 heterocycles. The molecule has 0 atom stereocenters. The zero-order valence-corrected chi connectivity index (χ0v) is 12.3. The standard InChI is InChI=1S/C15H10ClF2N3O2/c16-10-4-3-6-11(17)9(10)8-19-21-15(23)14(22)20-13-7-2-1-5-12(13)18/h1-8H,(H,20,22)(H,21,23)/b19-8-. The summed E-state index contributed by atoms with van der Waals surface area (Å²) in [7, 11) is 0. The van der Waals surface area contributed by atoms with Gasteiger partial charge in [-0.3, -0.25) is 9.59 Å². The second-order valence-electron chi connectivity index (χ2n) is 4.27. The molecule has 5 nitrogen and oxygen atoms in total. The number of carbonyl (C=O) groups excluding carboxylic acids is 2. The Morgan fingerprint density at radius 3 is 2.39 bits per heavy atom. The number of amides is 2. The lowest BCUT2D eigenvalue weighted by Gasteiger charge is -2.04. The van der Waals surface area contributed by atoms with Crippen LogP contribution in [0.25, 0.3) is 0 Å². The Bertz CT molecular complexity index is 761. The summed E-state index contributed by atoms with van der Waals surface area (Å²) in [4.78, 5) is 23.1. The molecule has 0 saturated heterocycles. The van der Waals surface area contributed by atoms with Gasteiger partial charge < -0.3 is 5.32 Å². The molecule has 23 heavy (non-hydrogen) atoms. The van der Waals surface area contributed by atoms with E-state index in [0.29, 0.717) is 0 Å². The van der Waals surface area contributed by atoms with Gasteiger partial charge >= 0.3 is 11.8 Å². The highest BCUT2D eigenvalue weighted by atomic mass is 35.5. The molecule has 2 aromatic carbocycles. The van der Waals surface area contributed by atoms with Crippen LogP contribution in [0.5, 0.6) is 0 Å². The first-order chi connectivity index (χ1) is 11.0. The number of para-hydroxylation sites is 1. The van der Waals surface area contributed by atoms with E-state index >= 15 is 0 Å². The number of nitrogens with one attached hydrogen (secondary N) is 2. The maximum atomic E-state index is 13.5. The fourth-order valence-electron chi connectivity index (χ4n) is 1.58. The van der Waals surface area contributed by atoms with Crippen molar-refractivity contribution in [3.05, 3.63) is 64.7 Å². The highest BCUT2D eigenvalue weighted by Gasteiger charge is 2.14. The maximum Gasteiger partial charge on any atom is 0.329 e. The van der Waals surface area contributed by atoms with Gasteiger partial charge in [-0.15, -0.1) is 0 Å². The molecule has 0 aliphatic heterocycles. The Hall–Kier alpha value is -2.80. The molecule has 2 amide bonds. The fourth-order valence-corrected chi connectivity index (χ4v) is 1.79. The lowest BCUT2D eigenvalue weighted by molar-refractivity contribution is -0.136. The van der Waals surface area contributed by atoms with Crippen molar-refractivity contribution < 1.29 is 18.4 Å². The summed E-state index contributed by atoms with van der Waals surface area (Å²) in [6, 6.07) is 9.38. The van der Waals surface area contributed by atoms with Crippen LogP contribution in [0.2, 0.25) is 5.02 Å². The minimum atomic E-state index is -1.14. The number of rotatable bonds is 3. The molecule has 0 aliphatic rings. The van der Waals surface area contributed by atoms with E-state index in [4.69, 9.17) is 11.6 Å². The van der Waals surface area contributed by atoms with Crippen molar-refractivity contribution in [2.45, 2.75) is 0 Å². The van der Waals surface area contributed by atoms with Gasteiger partial charge in [0.25, 0.3) is 0 Å². The molecule has 2 aromatic rings. The molecule has 0 bridgehead atoms. The third-order valence-electron chi connectivity index (χ3n) is 2.69. The molecule has 0 fully saturated rings. The van der Waals surface area contributed by atoms with Crippen LogP contribution in [0.15, 0.2) is 47.6 Å². The van der Waals surface area contributed by atoms with Gasteiger partial charge in [-0.05, 0) is 24.3 Å². The lowest BCUT2D eigenvalue weighted by atomic mass is 10.2. The van der Waals surface area contributed by atoms with Crippen molar-refractivity contribution in [3.8, 4) is 0 Å². The third-order valence-corrected chi connectivity index (χ3v) is 3.02. The van der Waals surface area contributed by atoms with E-state index in [1.807, 2.05) is 5.43 Å². The van der Waals surface area contributed by atoms with E-state index in [0.717, 1.165) is 12.3 Å². The van der Waals surface area contributed by atoms with Gasteiger partial charge in [0.1, 0.15) is 11.6 Å². The SMILES string of the molecule is O=C(N/N=C\c1c(F)cccc1Cl)C(=O)Nc1ccccc1F. The van der Waals surface area contributed by atoms with Crippen LogP contribution >= 0.6 is 11.6 Å². The summed E-state index contributed by atoms with van der Waals surface area (Å²) in [5.41, 5.74) is 1.71. The molecular formula is C15H10ClF2N3O2. The molecule has 0 aromatic heterocycles. The Kier molecular flexibility index (Phi) is 5.37. The van der Waals surface area contributed by atoms with Crippen molar-refractivity contribution >= 4 is 35.3 Å². The van der Waals surface area contributed by atoms with Crippen molar-refractivity contribution in [2.24, 2.45) is 5.10 Å². The molecule has 8 heteroatoms. The first kappa shape index (κ1) is 16.6. The summed E-state index contributed by atoms with van der Waals surface area (Å²) >= 11 is 5.77. The van der Waals surface area contributed by atoms with E-state index < -0.39 is 23.4 Å². The lowest BCUT2D eigenvalue weighted by Crippen LogP contribution is -2.32. The molecule has 2 N–H and O–H groups in total. The van der Waals surface area contributed by atoms with Crippen molar-refractivity contribution in [1.82, 2.24) is 5.43 Å². The molecule has 0 aliphatic carbocycles. The Labute approximate surface area is 135 Å². The van der Waals surface area contributed by atoms with E-state index in [1.54, 1.807) is 0 Å². The third kappa shape index (κ3) is 4.33. The molecule has 118 valence electrons. The average Bonchev–Trinajstić information content (AvgIpc) is 2.52. The molecule has 0 unspecified atom stereocenters. The number of hydrogen-bond acceptors (Lipinski definition) is 3. The quantitative estimate of drug-likeness (QED) is 0.513. The Morgan fingerprint density at radius 2 is 1.70 bits per heavy atom. The number of halogens is 3.